The van der Waals surface area contributed by atoms with E-state index < -0.39 is 11.6 Å². The van der Waals surface area contributed by atoms with Gasteiger partial charge < -0.3 is 0 Å². The van der Waals surface area contributed by atoms with Gasteiger partial charge in [0.05, 0.1) is 4.47 Å². The van der Waals surface area contributed by atoms with Gasteiger partial charge >= 0.3 is 0 Å². The summed E-state index contributed by atoms with van der Waals surface area (Å²) in [7, 11) is 0. The maximum absolute atomic E-state index is 13.5. The van der Waals surface area contributed by atoms with Crippen LogP contribution in [0.2, 0.25) is 0 Å². The van der Waals surface area contributed by atoms with Crippen molar-refractivity contribution >= 4 is 39.3 Å². The minimum Gasteiger partial charge on any atom is -0.207 e. The molecule has 1 aromatic carbocycles. The van der Waals surface area contributed by atoms with Crippen molar-refractivity contribution in [1.82, 2.24) is 0 Å². The Morgan fingerprint density at radius 3 is 2.73 bits per heavy atom. The fourth-order valence-electron chi connectivity index (χ4n) is 0.972. The van der Waals surface area contributed by atoms with Gasteiger partial charge in [0.25, 0.3) is 0 Å². The summed E-state index contributed by atoms with van der Waals surface area (Å²) in [6.45, 7) is 1.92. The minimum atomic E-state index is -0.524. The Morgan fingerprint density at radius 1 is 1.47 bits per heavy atom. The predicted octanol–water partition coefficient (Wildman–Crippen LogP) is 4.59. The number of benzene rings is 1. The van der Waals surface area contributed by atoms with Crippen LogP contribution < -0.4 is 0 Å². The number of rotatable bonds is 4. The van der Waals surface area contributed by atoms with Crippen molar-refractivity contribution < 1.29 is 8.78 Å². The molecule has 1 atom stereocenters. The van der Waals surface area contributed by atoms with Crippen LogP contribution in [-0.2, 0) is 5.75 Å². The lowest BCUT2D eigenvalue weighted by Crippen LogP contribution is -2.01. The Morgan fingerprint density at radius 2 is 2.13 bits per heavy atom. The van der Waals surface area contributed by atoms with Crippen molar-refractivity contribution in [3.05, 3.63) is 33.8 Å². The molecule has 84 valence electrons. The molecule has 0 aliphatic heterocycles. The Labute approximate surface area is 106 Å². The lowest BCUT2D eigenvalue weighted by Gasteiger charge is -2.09. The van der Waals surface area contributed by atoms with Gasteiger partial charge in [-0.3, -0.25) is 0 Å². The normalized spacial score (nSPS) is 12.9. The predicted molar refractivity (Wildman–Crippen MR) is 65.5 cm³/mol. The van der Waals surface area contributed by atoms with Crippen molar-refractivity contribution in [2.24, 2.45) is 0 Å². The molecule has 0 aliphatic carbocycles. The number of thioether (sulfide) groups is 1. The van der Waals surface area contributed by atoms with E-state index in [9.17, 15) is 8.78 Å². The van der Waals surface area contributed by atoms with Crippen molar-refractivity contribution in [3.63, 3.8) is 0 Å². The number of hydrogen-bond donors (Lipinski definition) is 0. The molecule has 0 fully saturated rings. The van der Waals surface area contributed by atoms with E-state index >= 15 is 0 Å². The largest absolute Gasteiger partial charge is 0.207 e. The summed E-state index contributed by atoms with van der Waals surface area (Å²) in [6.07, 6.45) is 0. The highest BCUT2D eigenvalue weighted by atomic mass is 79.9. The summed E-state index contributed by atoms with van der Waals surface area (Å²) < 4.78 is 27.1. The molecule has 0 N–H and O–H groups in total. The monoisotopic (exact) mass is 314 g/mol. The van der Waals surface area contributed by atoms with Gasteiger partial charge in [-0.1, -0.05) is 6.92 Å². The molecule has 0 heterocycles. The minimum absolute atomic E-state index is 0.103. The van der Waals surface area contributed by atoms with E-state index in [2.05, 4.69) is 15.9 Å². The first-order chi connectivity index (χ1) is 7.06. The van der Waals surface area contributed by atoms with E-state index in [1.165, 1.54) is 23.9 Å². The zero-order chi connectivity index (χ0) is 11.4. The fraction of sp³-hybridized carbons (Fsp3) is 0.400. The van der Waals surface area contributed by atoms with Crippen LogP contribution in [0.25, 0.3) is 0 Å². The van der Waals surface area contributed by atoms with E-state index in [0.717, 1.165) is 0 Å². The number of hydrogen-bond acceptors (Lipinski definition) is 1. The van der Waals surface area contributed by atoms with E-state index in [1.54, 1.807) is 0 Å². The second-order valence-electron chi connectivity index (χ2n) is 3.10. The molecule has 0 nitrogen and oxygen atoms in total. The van der Waals surface area contributed by atoms with Gasteiger partial charge in [0, 0.05) is 22.4 Å². The SMILES string of the molecule is CC(CCl)SCc1c(F)ccc(Br)c1F. The van der Waals surface area contributed by atoms with Crippen LogP contribution in [0.1, 0.15) is 12.5 Å². The highest BCUT2D eigenvalue weighted by Gasteiger charge is 2.13. The Hall–Kier alpha value is 0.200. The molecule has 0 spiro atoms. The number of alkyl halides is 1. The van der Waals surface area contributed by atoms with Gasteiger partial charge in [0.15, 0.2) is 0 Å². The Balaban J connectivity index is 2.80. The highest BCUT2D eigenvalue weighted by molar-refractivity contribution is 9.10. The maximum atomic E-state index is 13.5. The van der Waals surface area contributed by atoms with E-state index in [4.69, 9.17) is 11.6 Å². The lowest BCUT2D eigenvalue weighted by molar-refractivity contribution is 0.562. The van der Waals surface area contributed by atoms with Gasteiger partial charge in [-0.25, -0.2) is 8.78 Å². The summed E-state index contributed by atoms with van der Waals surface area (Å²) >= 11 is 10.1. The smallest absolute Gasteiger partial charge is 0.144 e. The first-order valence-corrected chi connectivity index (χ1v) is 6.73. The molecule has 0 saturated heterocycles. The van der Waals surface area contributed by atoms with Crippen molar-refractivity contribution in [2.75, 3.05) is 5.88 Å². The molecular formula is C10H10BrClF2S. The molecule has 0 aliphatic rings. The fourth-order valence-corrected chi connectivity index (χ4v) is 2.42. The van der Waals surface area contributed by atoms with Crippen molar-refractivity contribution in [1.29, 1.82) is 0 Å². The molecule has 1 rings (SSSR count). The highest BCUT2D eigenvalue weighted by Crippen LogP contribution is 2.27. The van der Waals surface area contributed by atoms with Gasteiger partial charge in [0.1, 0.15) is 11.6 Å². The van der Waals surface area contributed by atoms with Gasteiger partial charge in [-0.05, 0) is 28.1 Å². The molecule has 0 radical (unpaired) electrons. The Kier molecular flexibility index (Phi) is 5.36. The van der Waals surface area contributed by atoms with Crippen LogP contribution in [0.15, 0.2) is 16.6 Å². The van der Waals surface area contributed by atoms with Crippen LogP contribution in [0.5, 0.6) is 0 Å². The summed E-state index contributed by atoms with van der Waals surface area (Å²) in [4.78, 5) is 0. The van der Waals surface area contributed by atoms with E-state index in [1.807, 2.05) is 6.92 Å². The van der Waals surface area contributed by atoms with Crippen LogP contribution in [0.3, 0.4) is 0 Å². The third-order valence-electron chi connectivity index (χ3n) is 1.87. The first kappa shape index (κ1) is 13.3. The third kappa shape index (κ3) is 3.61. The quantitative estimate of drug-likeness (QED) is 0.578. The zero-order valence-corrected chi connectivity index (χ0v) is 11.2. The van der Waals surface area contributed by atoms with Gasteiger partial charge in [-0.15, -0.1) is 11.6 Å². The van der Waals surface area contributed by atoms with Crippen LogP contribution >= 0.6 is 39.3 Å². The second kappa shape index (κ2) is 6.06. The molecular weight excluding hydrogens is 306 g/mol. The summed E-state index contributed by atoms with van der Waals surface area (Å²) in [6, 6.07) is 2.62. The summed E-state index contributed by atoms with van der Waals surface area (Å²) in [5.74, 6) is -0.262. The first-order valence-electron chi connectivity index (χ1n) is 4.36. The summed E-state index contributed by atoms with van der Waals surface area (Å²) in [5, 5.41) is 0.185. The average Bonchev–Trinajstić information content (AvgIpc) is 2.23. The second-order valence-corrected chi connectivity index (χ2v) is 5.69. The summed E-state index contributed by atoms with van der Waals surface area (Å²) in [5.41, 5.74) is 0.103. The molecule has 0 bridgehead atoms. The molecule has 5 heteroatoms. The third-order valence-corrected chi connectivity index (χ3v) is 4.32. The van der Waals surface area contributed by atoms with Crippen LogP contribution in [-0.4, -0.2) is 11.1 Å². The molecule has 0 saturated carbocycles. The van der Waals surface area contributed by atoms with Gasteiger partial charge in [0.2, 0.25) is 0 Å². The molecule has 15 heavy (non-hydrogen) atoms. The maximum Gasteiger partial charge on any atom is 0.144 e. The van der Waals surface area contributed by atoms with Crippen molar-refractivity contribution in [3.8, 4) is 0 Å². The Bertz CT molecular complexity index is 346. The number of halogens is 4. The van der Waals surface area contributed by atoms with E-state index in [-0.39, 0.29) is 15.3 Å². The topological polar surface area (TPSA) is 0 Å². The van der Waals surface area contributed by atoms with Crippen LogP contribution in [0, 0.1) is 11.6 Å². The lowest BCUT2D eigenvalue weighted by atomic mass is 10.2. The van der Waals surface area contributed by atoms with Crippen LogP contribution in [0.4, 0.5) is 8.78 Å². The molecule has 0 amide bonds. The average molecular weight is 316 g/mol. The van der Waals surface area contributed by atoms with Gasteiger partial charge in [-0.2, -0.15) is 11.8 Å². The zero-order valence-electron chi connectivity index (χ0n) is 8.07. The van der Waals surface area contributed by atoms with E-state index in [0.29, 0.717) is 11.6 Å². The molecule has 0 aromatic heterocycles. The molecule has 1 aromatic rings. The standard InChI is InChI=1S/C10H10BrClF2S/c1-6(4-12)15-5-7-9(13)3-2-8(11)10(7)14/h2-3,6H,4-5H2,1H3. The molecule has 1 unspecified atom stereocenters. The van der Waals surface area contributed by atoms with Crippen molar-refractivity contribution in [2.45, 2.75) is 17.9 Å².